The maximum Gasteiger partial charge on any atom is 0.332 e. The number of carboxylic acid groups (broad SMARTS) is 3. The fraction of sp³-hybridized carbons (Fsp3) is 0.372. The average molecular weight is 772 g/mol. The van der Waals surface area contributed by atoms with E-state index in [1.165, 1.54) is 0 Å². The zero-order valence-corrected chi connectivity index (χ0v) is 31.5. The predicted octanol–water partition coefficient (Wildman–Crippen LogP) is 5.05. The maximum atomic E-state index is 12.1. The predicted molar refractivity (Wildman–Crippen MR) is 209 cm³/mol. The average Bonchev–Trinajstić information content (AvgIpc) is 3.21. The van der Waals surface area contributed by atoms with E-state index in [-0.39, 0.29) is 25.8 Å². The van der Waals surface area contributed by atoms with E-state index in [4.69, 9.17) is 18.9 Å². The first-order chi connectivity index (χ1) is 27.3. The van der Waals surface area contributed by atoms with Crippen molar-refractivity contribution in [1.29, 1.82) is 0 Å². The third kappa shape index (κ3) is 15.3. The van der Waals surface area contributed by atoms with E-state index < -0.39 is 42.1 Å². The number of ether oxygens (including phenoxy) is 4. The lowest BCUT2D eigenvalue weighted by Gasteiger charge is -2.27. The van der Waals surface area contributed by atoms with E-state index in [1.807, 2.05) is 97.1 Å². The van der Waals surface area contributed by atoms with Crippen LogP contribution in [-0.4, -0.2) is 84.6 Å². The van der Waals surface area contributed by atoms with Gasteiger partial charge in [0.15, 0.2) is 0 Å². The molecule has 3 atom stereocenters. The first-order valence-corrected chi connectivity index (χ1v) is 18.7. The molecule has 4 rings (SSSR count). The van der Waals surface area contributed by atoms with E-state index in [9.17, 15) is 29.7 Å². The minimum atomic E-state index is -3.08. The molecule has 6 N–H and O–H groups in total. The van der Waals surface area contributed by atoms with Crippen molar-refractivity contribution in [3.05, 3.63) is 144 Å². The molecule has 0 heterocycles. The quantitative estimate of drug-likeness (QED) is 0.0245. The highest BCUT2D eigenvalue weighted by molar-refractivity contribution is 6.16. The summed E-state index contributed by atoms with van der Waals surface area (Å²) in [4.78, 5) is 36.3. The van der Waals surface area contributed by atoms with E-state index in [0.29, 0.717) is 46.1 Å². The number of carbonyl (C=O) groups is 3. The number of nitrogens with one attached hydrogen (secondary N) is 3. The summed E-state index contributed by atoms with van der Waals surface area (Å²) in [5.41, 5.74) is 0.802. The summed E-state index contributed by atoms with van der Waals surface area (Å²) < 4.78 is 24.3. The third-order valence-electron chi connectivity index (χ3n) is 8.99. The lowest BCUT2D eigenvalue weighted by Crippen LogP contribution is -2.49. The lowest BCUT2D eigenvalue weighted by molar-refractivity contribution is -0.179. The van der Waals surface area contributed by atoms with Crippen molar-refractivity contribution in [3.8, 4) is 0 Å². The molecule has 0 saturated carbocycles. The fourth-order valence-corrected chi connectivity index (χ4v) is 5.79. The summed E-state index contributed by atoms with van der Waals surface area (Å²) in [7, 11) is 0. The molecule has 0 spiro atoms. The standard InChI is InChI=1S/C43H53N3O10/c47-40(48)43(41(49)50,42(51)52)26-37(54-30-34-16-7-2-8-17-34)22-24-46-39(56-32-36-20-11-4-12-21-36)28-44-27-38(55-31-35-18-9-3-10-19-35)45-23-13-25-53-29-33-14-5-1-6-15-33/h1-12,14-21,37-39,44-46H,13,22-32H2,(H,47,48)(H,49,50)(H,51,52). The monoisotopic (exact) mass is 771 g/mol. The molecule has 0 aliphatic carbocycles. The highest BCUT2D eigenvalue weighted by Gasteiger charge is 2.55. The van der Waals surface area contributed by atoms with Crippen molar-refractivity contribution >= 4 is 17.9 Å². The van der Waals surface area contributed by atoms with E-state index in [0.717, 1.165) is 28.7 Å². The van der Waals surface area contributed by atoms with Crippen LogP contribution in [0.25, 0.3) is 0 Å². The summed E-state index contributed by atoms with van der Waals surface area (Å²) in [5, 5.41) is 39.6. The zero-order chi connectivity index (χ0) is 39.9. The number of hydrogen-bond donors (Lipinski definition) is 6. The topological polar surface area (TPSA) is 185 Å². The molecule has 0 fully saturated rings. The highest BCUT2D eigenvalue weighted by atomic mass is 16.5. The minimum Gasteiger partial charge on any atom is -0.480 e. The molecule has 13 nitrogen and oxygen atoms in total. The maximum absolute atomic E-state index is 12.1. The first-order valence-electron chi connectivity index (χ1n) is 18.7. The largest absolute Gasteiger partial charge is 0.480 e. The Labute approximate surface area is 328 Å². The Bertz CT molecular complexity index is 1660. The smallest absolute Gasteiger partial charge is 0.332 e. The van der Waals surface area contributed by atoms with Gasteiger partial charge in [-0.2, -0.15) is 0 Å². The Balaban J connectivity index is 1.37. The number of aliphatic carboxylic acids is 3. The van der Waals surface area contributed by atoms with Gasteiger partial charge < -0.3 is 39.6 Å². The summed E-state index contributed by atoms with van der Waals surface area (Å²) in [6, 6.07) is 38.6. The van der Waals surface area contributed by atoms with E-state index in [2.05, 4.69) is 16.0 Å². The van der Waals surface area contributed by atoms with Crippen LogP contribution >= 0.6 is 0 Å². The van der Waals surface area contributed by atoms with Crippen LogP contribution in [-0.2, 0) is 59.8 Å². The van der Waals surface area contributed by atoms with Gasteiger partial charge in [0, 0.05) is 26.1 Å². The molecule has 0 radical (unpaired) electrons. The molecule has 4 aromatic rings. The SMILES string of the molecule is O=C(O)C(CC(CCNC(CNCC(NCCCOCc1ccccc1)OCc1ccccc1)OCc1ccccc1)OCc1ccccc1)(C(=O)O)C(=O)O. The summed E-state index contributed by atoms with van der Waals surface area (Å²) in [6.07, 6.45) is -1.82. The Morgan fingerprint density at radius 3 is 1.36 bits per heavy atom. The molecule has 300 valence electrons. The van der Waals surface area contributed by atoms with Crippen molar-refractivity contribution in [3.63, 3.8) is 0 Å². The van der Waals surface area contributed by atoms with Crippen LogP contribution in [0.2, 0.25) is 0 Å². The highest BCUT2D eigenvalue weighted by Crippen LogP contribution is 2.29. The van der Waals surface area contributed by atoms with Crippen LogP contribution in [0.15, 0.2) is 121 Å². The molecule has 0 aromatic heterocycles. The second-order valence-electron chi connectivity index (χ2n) is 13.3. The third-order valence-corrected chi connectivity index (χ3v) is 8.99. The number of hydrogen-bond acceptors (Lipinski definition) is 10. The van der Waals surface area contributed by atoms with Crippen LogP contribution in [0.5, 0.6) is 0 Å². The molecule has 13 heteroatoms. The molecule has 3 unspecified atom stereocenters. The van der Waals surface area contributed by atoms with E-state index in [1.54, 1.807) is 24.3 Å². The molecule has 0 aliphatic rings. The summed E-state index contributed by atoms with van der Waals surface area (Å²) >= 11 is 0. The Morgan fingerprint density at radius 1 is 0.536 bits per heavy atom. The number of carboxylic acids is 3. The molecular formula is C43H53N3O10. The second kappa shape index (κ2) is 24.5. The molecule has 0 aliphatic heterocycles. The van der Waals surface area contributed by atoms with E-state index >= 15 is 0 Å². The van der Waals surface area contributed by atoms with Crippen molar-refractivity contribution in [1.82, 2.24) is 16.0 Å². The summed E-state index contributed by atoms with van der Waals surface area (Å²) in [5.74, 6) is -5.90. The Morgan fingerprint density at radius 2 is 0.929 bits per heavy atom. The van der Waals surface area contributed by atoms with Gasteiger partial charge in [-0.1, -0.05) is 121 Å². The molecular weight excluding hydrogens is 718 g/mol. The van der Waals surface area contributed by atoms with Gasteiger partial charge in [-0.05, 0) is 48.2 Å². The molecule has 56 heavy (non-hydrogen) atoms. The van der Waals surface area contributed by atoms with Gasteiger partial charge in [0.05, 0.1) is 32.5 Å². The Kier molecular flexibility index (Phi) is 19.1. The fourth-order valence-electron chi connectivity index (χ4n) is 5.79. The second-order valence-corrected chi connectivity index (χ2v) is 13.3. The number of benzene rings is 4. The van der Waals surface area contributed by atoms with Gasteiger partial charge >= 0.3 is 17.9 Å². The van der Waals surface area contributed by atoms with Crippen LogP contribution in [0.4, 0.5) is 0 Å². The number of rotatable bonds is 29. The summed E-state index contributed by atoms with van der Waals surface area (Å²) in [6.45, 7) is 3.52. The molecule has 4 aromatic carbocycles. The van der Waals surface area contributed by atoms with Gasteiger partial charge in [0.25, 0.3) is 5.41 Å². The van der Waals surface area contributed by atoms with Crippen LogP contribution in [0.1, 0.15) is 41.5 Å². The van der Waals surface area contributed by atoms with Gasteiger partial charge in [-0.15, -0.1) is 0 Å². The molecule has 0 saturated heterocycles. The molecule has 0 amide bonds. The van der Waals surface area contributed by atoms with Gasteiger partial charge in [0.2, 0.25) is 0 Å². The Hall–Kier alpha value is -4.99. The van der Waals surface area contributed by atoms with Crippen LogP contribution < -0.4 is 16.0 Å². The first kappa shape index (κ1) is 43.7. The van der Waals surface area contributed by atoms with Crippen molar-refractivity contribution in [2.45, 2.75) is 64.2 Å². The zero-order valence-electron chi connectivity index (χ0n) is 31.5. The minimum absolute atomic E-state index is 0.0342. The van der Waals surface area contributed by atoms with Crippen LogP contribution in [0, 0.1) is 5.41 Å². The van der Waals surface area contributed by atoms with Crippen molar-refractivity contribution in [2.24, 2.45) is 5.41 Å². The van der Waals surface area contributed by atoms with Gasteiger partial charge in [0.1, 0.15) is 12.5 Å². The van der Waals surface area contributed by atoms with Gasteiger partial charge in [-0.25, -0.2) is 0 Å². The molecule has 0 bridgehead atoms. The van der Waals surface area contributed by atoms with Crippen molar-refractivity contribution < 1.29 is 48.7 Å². The van der Waals surface area contributed by atoms with Gasteiger partial charge in [-0.3, -0.25) is 25.0 Å². The lowest BCUT2D eigenvalue weighted by atomic mass is 9.81. The van der Waals surface area contributed by atoms with Crippen molar-refractivity contribution in [2.75, 3.05) is 32.8 Å². The van der Waals surface area contributed by atoms with Crippen LogP contribution in [0.3, 0.4) is 0 Å². The normalized spacial score (nSPS) is 13.1.